The van der Waals surface area contributed by atoms with Gasteiger partial charge in [-0.15, -0.1) is 0 Å². The van der Waals surface area contributed by atoms with Crippen molar-refractivity contribution in [3.8, 4) is 6.07 Å². The molecule has 0 spiro atoms. The van der Waals surface area contributed by atoms with Crippen molar-refractivity contribution in [2.24, 2.45) is 0 Å². The van der Waals surface area contributed by atoms with E-state index in [1.807, 2.05) is 13.0 Å². The summed E-state index contributed by atoms with van der Waals surface area (Å²) in [6, 6.07) is 14.2. The third-order valence-electron chi connectivity index (χ3n) is 3.63. The quantitative estimate of drug-likeness (QED) is 0.720. The SMILES string of the molecule is Cc1ccc(Cl)cc1NC(=O)c1cnc(Nc2ccc(C#N)cc2)nc1. The molecule has 2 N–H and O–H groups in total. The summed E-state index contributed by atoms with van der Waals surface area (Å²) in [5, 5.41) is 15.1. The van der Waals surface area contributed by atoms with Gasteiger partial charge in [-0.2, -0.15) is 5.26 Å². The van der Waals surface area contributed by atoms with Crippen molar-refractivity contribution < 1.29 is 4.79 Å². The van der Waals surface area contributed by atoms with Gasteiger partial charge < -0.3 is 10.6 Å². The summed E-state index contributed by atoms with van der Waals surface area (Å²) in [4.78, 5) is 20.6. The van der Waals surface area contributed by atoms with E-state index in [9.17, 15) is 4.79 Å². The van der Waals surface area contributed by atoms with Crippen LogP contribution in [0.3, 0.4) is 0 Å². The Kier molecular flexibility index (Phi) is 5.11. The minimum absolute atomic E-state index is 0.319. The number of amides is 1. The molecule has 3 aromatic rings. The fraction of sp³-hybridized carbons (Fsp3) is 0.0526. The van der Waals surface area contributed by atoms with E-state index in [2.05, 4.69) is 26.7 Å². The molecule has 0 saturated heterocycles. The number of nitrogens with zero attached hydrogens (tertiary/aromatic N) is 3. The normalized spacial score (nSPS) is 10.0. The smallest absolute Gasteiger partial charge is 0.258 e. The van der Waals surface area contributed by atoms with Crippen molar-refractivity contribution in [1.82, 2.24) is 9.97 Å². The maximum atomic E-state index is 12.3. The lowest BCUT2D eigenvalue weighted by molar-refractivity contribution is 0.102. The lowest BCUT2D eigenvalue weighted by Crippen LogP contribution is -2.14. The van der Waals surface area contributed by atoms with Crippen LogP contribution in [0.15, 0.2) is 54.9 Å². The van der Waals surface area contributed by atoms with Gasteiger partial charge in [-0.25, -0.2) is 9.97 Å². The highest BCUT2D eigenvalue weighted by Crippen LogP contribution is 2.21. The van der Waals surface area contributed by atoms with Crippen molar-refractivity contribution >= 4 is 34.8 Å². The molecule has 0 bridgehead atoms. The lowest BCUT2D eigenvalue weighted by Gasteiger charge is -2.09. The minimum atomic E-state index is -0.319. The number of nitriles is 1. The lowest BCUT2D eigenvalue weighted by atomic mass is 10.2. The summed E-state index contributed by atoms with van der Waals surface area (Å²) in [5.41, 5.74) is 3.19. The molecular formula is C19H14ClN5O. The van der Waals surface area contributed by atoms with E-state index >= 15 is 0 Å². The standard InChI is InChI=1S/C19H14ClN5O/c1-12-2-5-15(20)8-17(12)25-18(26)14-10-22-19(23-11-14)24-16-6-3-13(9-21)4-7-16/h2-8,10-11H,1H3,(H,25,26)(H,22,23,24). The van der Waals surface area contributed by atoms with Gasteiger partial charge in [-0.05, 0) is 48.9 Å². The Morgan fingerprint density at radius 3 is 2.46 bits per heavy atom. The molecule has 7 heteroatoms. The molecule has 0 fully saturated rings. The van der Waals surface area contributed by atoms with Crippen molar-refractivity contribution in [2.75, 3.05) is 10.6 Å². The molecule has 2 aromatic carbocycles. The first-order chi connectivity index (χ1) is 12.5. The maximum Gasteiger partial charge on any atom is 0.258 e. The third kappa shape index (κ3) is 4.15. The summed E-state index contributed by atoms with van der Waals surface area (Å²) in [6.07, 6.45) is 2.88. The molecular weight excluding hydrogens is 350 g/mol. The summed E-state index contributed by atoms with van der Waals surface area (Å²) >= 11 is 5.96. The van der Waals surface area contributed by atoms with Crippen molar-refractivity contribution in [2.45, 2.75) is 6.92 Å². The molecule has 128 valence electrons. The van der Waals surface area contributed by atoms with Crippen LogP contribution in [-0.4, -0.2) is 15.9 Å². The summed E-state index contributed by atoms with van der Waals surface area (Å²) in [5.74, 6) is 0.0329. The summed E-state index contributed by atoms with van der Waals surface area (Å²) in [6.45, 7) is 1.88. The Labute approximate surface area is 155 Å². The number of anilines is 3. The molecule has 1 heterocycles. The number of benzene rings is 2. The van der Waals surface area contributed by atoms with Gasteiger partial charge in [0.05, 0.1) is 17.2 Å². The molecule has 1 amide bonds. The fourth-order valence-corrected chi connectivity index (χ4v) is 2.36. The van der Waals surface area contributed by atoms with E-state index in [4.69, 9.17) is 16.9 Å². The minimum Gasteiger partial charge on any atom is -0.324 e. The highest BCUT2D eigenvalue weighted by molar-refractivity contribution is 6.31. The van der Waals surface area contributed by atoms with Crippen molar-refractivity contribution in [3.63, 3.8) is 0 Å². The molecule has 6 nitrogen and oxygen atoms in total. The van der Waals surface area contributed by atoms with Gasteiger partial charge in [0.25, 0.3) is 5.91 Å². The first-order valence-corrected chi connectivity index (χ1v) is 8.10. The molecule has 0 radical (unpaired) electrons. The summed E-state index contributed by atoms with van der Waals surface area (Å²) < 4.78 is 0. The van der Waals surface area contributed by atoms with Gasteiger partial charge in [0.15, 0.2) is 0 Å². The van der Waals surface area contributed by atoms with Crippen LogP contribution in [0.1, 0.15) is 21.5 Å². The molecule has 0 saturated carbocycles. The Hall–Kier alpha value is -3.43. The van der Waals surface area contributed by atoms with Crippen molar-refractivity contribution in [3.05, 3.63) is 76.6 Å². The van der Waals surface area contributed by atoms with Gasteiger partial charge >= 0.3 is 0 Å². The zero-order valence-corrected chi connectivity index (χ0v) is 14.6. The van der Waals surface area contributed by atoms with Gasteiger partial charge in [0, 0.05) is 28.8 Å². The maximum absolute atomic E-state index is 12.3. The van der Waals surface area contributed by atoms with Crippen LogP contribution >= 0.6 is 11.6 Å². The van der Waals surface area contributed by atoms with E-state index in [0.717, 1.165) is 11.3 Å². The van der Waals surface area contributed by atoms with E-state index in [1.54, 1.807) is 36.4 Å². The Bertz CT molecular complexity index is 978. The van der Waals surface area contributed by atoms with Crippen LogP contribution < -0.4 is 10.6 Å². The number of hydrogen-bond donors (Lipinski definition) is 2. The van der Waals surface area contributed by atoms with Gasteiger partial charge in [0.2, 0.25) is 5.95 Å². The van der Waals surface area contributed by atoms with Gasteiger partial charge in [0.1, 0.15) is 0 Å². The zero-order valence-electron chi connectivity index (χ0n) is 13.8. The van der Waals surface area contributed by atoms with Crippen LogP contribution in [0, 0.1) is 18.3 Å². The van der Waals surface area contributed by atoms with E-state index < -0.39 is 0 Å². The first-order valence-electron chi connectivity index (χ1n) is 7.72. The Morgan fingerprint density at radius 1 is 1.12 bits per heavy atom. The van der Waals surface area contributed by atoms with Crippen LogP contribution in [0.2, 0.25) is 5.02 Å². The number of nitrogens with one attached hydrogen (secondary N) is 2. The second-order valence-corrected chi connectivity index (χ2v) is 5.96. The van der Waals surface area contributed by atoms with Crippen LogP contribution in [0.25, 0.3) is 0 Å². The number of carbonyl (C=O) groups excluding carboxylic acids is 1. The predicted octanol–water partition coefficient (Wildman–Crippen LogP) is 4.31. The van der Waals surface area contributed by atoms with Crippen LogP contribution in [-0.2, 0) is 0 Å². The zero-order chi connectivity index (χ0) is 18.5. The van der Waals surface area contributed by atoms with E-state index in [-0.39, 0.29) is 5.91 Å². The fourth-order valence-electron chi connectivity index (χ4n) is 2.19. The number of aryl methyl sites for hydroxylation is 1. The number of hydrogen-bond acceptors (Lipinski definition) is 5. The molecule has 0 atom stereocenters. The molecule has 0 aliphatic heterocycles. The number of carbonyl (C=O) groups is 1. The van der Waals surface area contributed by atoms with E-state index in [1.165, 1.54) is 12.4 Å². The highest BCUT2D eigenvalue weighted by Gasteiger charge is 2.10. The van der Waals surface area contributed by atoms with Gasteiger partial charge in [-0.3, -0.25) is 4.79 Å². The van der Waals surface area contributed by atoms with E-state index in [0.29, 0.717) is 27.8 Å². The third-order valence-corrected chi connectivity index (χ3v) is 3.87. The number of rotatable bonds is 4. The molecule has 26 heavy (non-hydrogen) atoms. The number of halogens is 1. The van der Waals surface area contributed by atoms with Crippen LogP contribution in [0.5, 0.6) is 0 Å². The topological polar surface area (TPSA) is 90.7 Å². The predicted molar refractivity (Wildman–Crippen MR) is 101 cm³/mol. The molecule has 0 aliphatic carbocycles. The average Bonchev–Trinajstić information content (AvgIpc) is 2.66. The molecule has 0 unspecified atom stereocenters. The second kappa shape index (κ2) is 7.64. The second-order valence-electron chi connectivity index (χ2n) is 5.52. The summed E-state index contributed by atoms with van der Waals surface area (Å²) in [7, 11) is 0. The van der Waals surface area contributed by atoms with Crippen molar-refractivity contribution in [1.29, 1.82) is 5.26 Å². The Balaban J connectivity index is 1.69. The molecule has 0 aliphatic rings. The molecule has 3 rings (SSSR count). The highest BCUT2D eigenvalue weighted by atomic mass is 35.5. The van der Waals surface area contributed by atoms with Crippen LogP contribution in [0.4, 0.5) is 17.3 Å². The van der Waals surface area contributed by atoms with Gasteiger partial charge in [-0.1, -0.05) is 17.7 Å². The largest absolute Gasteiger partial charge is 0.324 e. The monoisotopic (exact) mass is 363 g/mol. The average molecular weight is 364 g/mol. The number of aromatic nitrogens is 2. The molecule has 1 aromatic heterocycles. The first kappa shape index (κ1) is 17.4. The Morgan fingerprint density at radius 2 is 1.81 bits per heavy atom.